The summed E-state index contributed by atoms with van der Waals surface area (Å²) in [5, 5.41) is 3.62. The average Bonchev–Trinajstić information content (AvgIpc) is 3.03. The minimum absolute atomic E-state index is 0.698. The normalized spacial score (nSPS) is 23.2. The largest absolute Gasteiger partial charge is 0.313 e. The number of pyridine rings is 1. The molecule has 1 N–H and O–H groups in total. The predicted molar refractivity (Wildman–Crippen MR) is 78.0 cm³/mol. The number of hydrogen-bond donors (Lipinski definition) is 1. The Hall–Kier alpha value is -0.930. The van der Waals surface area contributed by atoms with E-state index in [2.05, 4.69) is 40.3 Å². The van der Waals surface area contributed by atoms with Gasteiger partial charge in [-0.1, -0.05) is 6.07 Å². The molecule has 2 heterocycles. The van der Waals surface area contributed by atoms with Gasteiger partial charge in [-0.2, -0.15) is 0 Å². The number of hydrogen-bond acceptors (Lipinski definition) is 3. The van der Waals surface area contributed by atoms with Gasteiger partial charge in [-0.05, 0) is 57.2 Å². The first-order chi connectivity index (χ1) is 9.29. The maximum Gasteiger partial charge on any atom is 0.0547 e. The Bertz CT molecular complexity index is 408. The third-order valence-electron chi connectivity index (χ3n) is 4.19. The second-order valence-electron chi connectivity index (χ2n) is 6.20. The fourth-order valence-electron chi connectivity index (χ4n) is 3.01. The van der Waals surface area contributed by atoms with Crippen molar-refractivity contribution in [2.24, 2.45) is 5.92 Å². The molecule has 1 saturated carbocycles. The molecule has 1 aliphatic carbocycles. The van der Waals surface area contributed by atoms with Gasteiger partial charge in [0.25, 0.3) is 0 Å². The summed E-state index contributed by atoms with van der Waals surface area (Å²) in [6.07, 6.45) is 5.53. The molecule has 1 unspecified atom stereocenters. The van der Waals surface area contributed by atoms with Crippen LogP contribution in [0.2, 0.25) is 0 Å². The Balaban J connectivity index is 1.60. The molecule has 2 fully saturated rings. The molecule has 0 amide bonds. The molecule has 0 spiro atoms. The van der Waals surface area contributed by atoms with E-state index in [0.717, 1.165) is 18.2 Å². The van der Waals surface area contributed by atoms with Gasteiger partial charge in [0.1, 0.15) is 0 Å². The van der Waals surface area contributed by atoms with Crippen molar-refractivity contribution in [2.75, 3.05) is 19.6 Å². The number of nitrogens with one attached hydrogen (secondary N) is 1. The molecule has 3 rings (SSSR count). The van der Waals surface area contributed by atoms with Crippen LogP contribution in [0.15, 0.2) is 18.2 Å². The van der Waals surface area contributed by atoms with E-state index in [1.807, 2.05) is 0 Å². The summed E-state index contributed by atoms with van der Waals surface area (Å²) in [6, 6.07) is 7.06. The zero-order valence-electron chi connectivity index (χ0n) is 11.9. The minimum Gasteiger partial charge on any atom is -0.313 e. The fraction of sp³-hybridized carbons (Fsp3) is 0.688. The Morgan fingerprint density at radius 3 is 2.84 bits per heavy atom. The summed E-state index contributed by atoms with van der Waals surface area (Å²) in [5.41, 5.74) is 2.35. The van der Waals surface area contributed by atoms with Crippen LogP contribution in [0.25, 0.3) is 0 Å². The summed E-state index contributed by atoms with van der Waals surface area (Å²) in [4.78, 5) is 7.27. The lowest BCUT2D eigenvalue weighted by molar-refractivity contribution is 0.229. The van der Waals surface area contributed by atoms with Crippen molar-refractivity contribution in [1.29, 1.82) is 0 Å². The van der Waals surface area contributed by atoms with Gasteiger partial charge in [-0.25, -0.2) is 0 Å². The van der Waals surface area contributed by atoms with Gasteiger partial charge in [-0.15, -0.1) is 0 Å². The third kappa shape index (κ3) is 4.02. The zero-order valence-corrected chi connectivity index (χ0v) is 11.9. The molecule has 1 aromatic heterocycles. The standard InChI is InChI=1S/C16H25N3/c1-13-4-2-5-16(18-13)12-19(10-14-7-8-14)11-15-6-3-9-17-15/h2,4-5,14-15,17H,3,6-12H2,1H3. The van der Waals surface area contributed by atoms with Crippen molar-refractivity contribution >= 4 is 0 Å². The number of aromatic nitrogens is 1. The highest BCUT2D eigenvalue weighted by Crippen LogP contribution is 2.30. The molecule has 1 aliphatic heterocycles. The lowest BCUT2D eigenvalue weighted by Crippen LogP contribution is -2.38. The Labute approximate surface area is 116 Å². The minimum atomic E-state index is 0.698. The fourth-order valence-corrected chi connectivity index (χ4v) is 3.01. The predicted octanol–water partition coefficient (Wildman–Crippen LogP) is 2.35. The molecule has 3 heteroatoms. The Morgan fingerprint density at radius 1 is 1.26 bits per heavy atom. The smallest absolute Gasteiger partial charge is 0.0547 e. The van der Waals surface area contributed by atoms with E-state index < -0.39 is 0 Å². The SMILES string of the molecule is Cc1cccc(CN(CC2CC2)CC2CCCN2)n1. The van der Waals surface area contributed by atoms with E-state index >= 15 is 0 Å². The molecule has 0 bridgehead atoms. The van der Waals surface area contributed by atoms with Crippen molar-refractivity contribution in [2.45, 2.75) is 45.2 Å². The highest BCUT2D eigenvalue weighted by Gasteiger charge is 2.26. The molecule has 1 saturated heterocycles. The second kappa shape index (κ2) is 6.02. The van der Waals surface area contributed by atoms with Gasteiger partial charge in [0.2, 0.25) is 0 Å². The third-order valence-corrected chi connectivity index (χ3v) is 4.19. The van der Waals surface area contributed by atoms with Crippen molar-refractivity contribution in [1.82, 2.24) is 15.2 Å². The van der Waals surface area contributed by atoms with Crippen LogP contribution in [0, 0.1) is 12.8 Å². The molecule has 2 aliphatic rings. The zero-order chi connectivity index (χ0) is 13.1. The monoisotopic (exact) mass is 259 g/mol. The summed E-state index contributed by atoms with van der Waals surface area (Å²) >= 11 is 0. The molecule has 0 aromatic carbocycles. The van der Waals surface area contributed by atoms with Crippen molar-refractivity contribution < 1.29 is 0 Å². The van der Waals surface area contributed by atoms with Gasteiger partial charge in [0.05, 0.1) is 5.69 Å². The lowest BCUT2D eigenvalue weighted by Gasteiger charge is -2.25. The molecular formula is C16H25N3. The average molecular weight is 259 g/mol. The summed E-state index contributed by atoms with van der Waals surface area (Å²) in [6.45, 7) is 6.73. The van der Waals surface area contributed by atoms with Crippen LogP contribution >= 0.6 is 0 Å². The summed E-state index contributed by atoms with van der Waals surface area (Å²) in [5.74, 6) is 0.950. The van der Waals surface area contributed by atoms with E-state index in [-0.39, 0.29) is 0 Å². The molecule has 1 atom stereocenters. The lowest BCUT2D eigenvalue weighted by atomic mass is 10.2. The molecule has 0 radical (unpaired) electrons. The van der Waals surface area contributed by atoms with Gasteiger partial charge >= 0.3 is 0 Å². The van der Waals surface area contributed by atoms with Crippen LogP contribution in [0.5, 0.6) is 0 Å². The first-order valence-corrected chi connectivity index (χ1v) is 7.68. The molecule has 3 nitrogen and oxygen atoms in total. The van der Waals surface area contributed by atoms with Crippen molar-refractivity contribution in [3.05, 3.63) is 29.6 Å². The first kappa shape index (κ1) is 13.1. The van der Waals surface area contributed by atoms with Crippen molar-refractivity contribution in [3.63, 3.8) is 0 Å². The summed E-state index contributed by atoms with van der Waals surface area (Å²) in [7, 11) is 0. The van der Waals surface area contributed by atoms with Gasteiger partial charge in [0, 0.05) is 31.4 Å². The van der Waals surface area contributed by atoms with Gasteiger partial charge in [-0.3, -0.25) is 9.88 Å². The maximum atomic E-state index is 4.65. The van der Waals surface area contributed by atoms with Crippen LogP contribution in [0.4, 0.5) is 0 Å². The van der Waals surface area contributed by atoms with E-state index in [1.54, 1.807) is 0 Å². The topological polar surface area (TPSA) is 28.2 Å². The summed E-state index contributed by atoms with van der Waals surface area (Å²) < 4.78 is 0. The Morgan fingerprint density at radius 2 is 2.16 bits per heavy atom. The number of nitrogens with zero attached hydrogens (tertiary/aromatic N) is 2. The number of rotatable bonds is 6. The van der Waals surface area contributed by atoms with Crippen LogP contribution in [-0.2, 0) is 6.54 Å². The molecule has 104 valence electrons. The maximum absolute atomic E-state index is 4.65. The quantitative estimate of drug-likeness (QED) is 0.850. The highest BCUT2D eigenvalue weighted by molar-refractivity contribution is 5.10. The van der Waals surface area contributed by atoms with E-state index in [0.29, 0.717) is 6.04 Å². The van der Waals surface area contributed by atoms with Crippen LogP contribution in [0.3, 0.4) is 0 Å². The second-order valence-corrected chi connectivity index (χ2v) is 6.20. The molecule has 1 aromatic rings. The van der Waals surface area contributed by atoms with Crippen molar-refractivity contribution in [3.8, 4) is 0 Å². The molecular weight excluding hydrogens is 234 g/mol. The Kier molecular flexibility index (Phi) is 4.14. The highest BCUT2D eigenvalue weighted by atomic mass is 15.2. The van der Waals surface area contributed by atoms with Crippen LogP contribution < -0.4 is 5.32 Å². The van der Waals surface area contributed by atoms with Gasteiger partial charge in [0.15, 0.2) is 0 Å². The van der Waals surface area contributed by atoms with E-state index in [9.17, 15) is 0 Å². The van der Waals surface area contributed by atoms with Gasteiger partial charge < -0.3 is 5.32 Å². The van der Waals surface area contributed by atoms with Crippen LogP contribution in [0.1, 0.15) is 37.1 Å². The first-order valence-electron chi connectivity index (χ1n) is 7.68. The van der Waals surface area contributed by atoms with Crippen LogP contribution in [-0.4, -0.2) is 35.6 Å². The van der Waals surface area contributed by atoms with E-state index in [1.165, 1.54) is 51.0 Å². The van der Waals surface area contributed by atoms with E-state index in [4.69, 9.17) is 0 Å². The number of aryl methyl sites for hydroxylation is 1. The molecule has 19 heavy (non-hydrogen) atoms.